The molecular formula is C11H11BrO4. The molecule has 1 aromatic rings. The summed E-state index contributed by atoms with van der Waals surface area (Å²) in [6.07, 6.45) is 0. The lowest BCUT2D eigenvalue weighted by atomic mass is 10.00. The van der Waals surface area contributed by atoms with E-state index in [2.05, 4.69) is 15.9 Å². The van der Waals surface area contributed by atoms with Crippen molar-refractivity contribution < 1.29 is 19.4 Å². The third kappa shape index (κ3) is 1.87. The molecule has 1 aliphatic rings. The summed E-state index contributed by atoms with van der Waals surface area (Å²) in [5.74, 6) is -0.352. The van der Waals surface area contributed by atoms with Gasteiger partial charge in [0.25, 0.3) is 0 Å². The summed E-state index contributed by atoms with van der Waals surface area (Å²) in [7, 11) is 0. The van der Waals surface area contributed by atoms with Gasteiger partial charge in [-0.2, -0.15) is 0 Å². The fraction of sp³-hybridized carbons (Fsp3) is 0.364. The topological polar surface area (TPSA) is 55.8 Å². The molecule has 86 valence electrons. The molecule has 0 bridgehead atoms. The molecule has 0 radical (unpaired) electrons. The molecule has 0 aliphatic carbocycles. The van der Waals surface area contributed by atoms with Gasteiger partial charge in [0, 0.05) is 5.56 Å². The third-order valence-corrected chi connectivity index (χ3v) is 3.13. The fourth-order valence-electron chi connectivity index (χ4n) is 1.60. The van der Waals surface area contributed by atoms with E-state index in [9.17, 15) is 4.79 Å². The van der Waals surface area contributed by atoms with Crippen LogP contribution < -0.4 is 9.47 Å². The van der Waals surface area contributed by atoms with Gasteiger partial charge in [0.05, 0.1) is 10.4 Å². The van der Waals surface area contributed by atoms with Crippen molar-refractivity contribution in [3.8, 4) is 11.5 Å². The van der Waals surface area contributed by atoms with E-state index in [4.69, 9.17) is 14.6 Å². The quantitative estimate of drug-likeness (QED) is 0.907. The molecule has 4 nitrogen and oxygen atoms in total. The second-order valence-electron chi connectivity index (χ2n) is 3.55. The number of aliphatic carboxylic acids is 1. The molecule has 5 heteroatoms. The molecule has 16 heavy (non-hydrogen) atoms. The van der Waals surface area contributed by atoms with Crippen molar-refractivity contribution in [2.24, 2.45) is 0 Å². The van der Waals surface area contributed by atoms with Crippen LogP contribution in [0.15, 0.2) is 16.6 Å². The Kier molecular flexibility index (Phi) is 3.05. The van der Waals surface area contributed by atoms with Gasteiger partial charge in [-0.3, -0.25) is 4.79 Å². The zero-order valence-corrected chi connectivity index (χ0v) is 10.3. The lowest BCUT2D eigenvalue weighted by Gasteiger charge is -2.23. The number of hydrogen-bond donors (Lipinski definition) is 1. The maximum atomic E-state index is 11.0. The Bertz CT molecular complexity index is 430. The van der Waals surface area contributed by atoms with Crippen LogP contribution in [0.4, 0.5) is 0 Å². The minimum Gasteiger partial charge on any atom is -0.486 e. The number of benzene rings is 1. The smallest absolute Gasteiger partial charge is 0.310 e. The van der Waals surface area contributed by atoms with Crippen LogP contribution in [0.5, 0.6) is 11.5 Å². The van der Waals surface area contributed by atoms with Crippen LogP contribution in [-0.2, 0) is 4.79 Å². The number of ether oxygens (including phenoxy) is 2. The second kappa shape index (κ2) is 4.33. The van der Waals surface area contributed by atoms with Crippen LogP contribution in [0, 0.1) is 0 Å². The largest absolute Gasteiger partial charge is 0.486 e. The van der Waals surface area contributed by atoms with Crippen LogP contribution in [-0.4, -0.2) is 24.3 Å². The molecule has 1 heterocycles. The van der Waals surface area contributed by atoms with Crippen molar-refractivity contribution in [2.45, 2.75) is 12.8 Å². The highest BCUT2D eigenvalue weighted by atomic mass is 79.9. The van der Waals surface area contributed by atoms with E-state index in [1.54, 1.807) is 19.1 Å². The third-order valence-electron chi connectivity index (χ3n) is 2.51. The SMILES string of the molecule is CC(C(=O)O)c1ccc(Br)c2c1OCCO2. The molecule has 0 aromatic heterocycles. The lowest BCUT2D eigenvalue weighted by Crippen LogP contribution is -2.19. The van der Waals surface area contributed by atoms with Gasteiger partial charge in [-0.25, -0.2) is 0 Å². The Hall–Kier alpha value is -1.23. The Morgan fingerprint density at radius 2 is 2.00 bits per heavy atom. The Labute approximate surface area is 101 Å². The highest BCUT2D eigenvalue weighted by molar-refractivity contribution is 9.10. The van der Waals surface area contributed by atoms with Crippen molar-refractivity contribution >= 4 is 21.9 Å². The number of carboxylic acids is 1. The van der Waals surface area contributed by atoms with Gasteiger partial charge in [0.1, 0.15) is 13.2 Å². The highest BCUT2D eigenvalue weighted by Crippen LogP contribution is 2.42. The second-order valence-corrected chi connectivity index (χ2v) is 4.41. The standard InChI is InChI=1S/C11H11BrO4/c1-6(11(13)14)7-2-3-8(12)10-9(7)15-4-5-16-10/h2-3,6H,4-5H2,1H3,(H,13,14). The lowest BCUT2D eigenvalue weighted by molar-refractivity contribution is -0.138. The van der Waals surface area contributed by atoms with E-state index in [1.165, 1.54) is 0 Å². The van der Waals surface area contributed by atoms with Crippen LogP contribution >= 0.6 is 15.9 Å². The Balaban J connectivity index is 2.50. The normalized spacial score (nSPS) is 15.6. The molecule has 1 N–H and O–H groups in total. The van der Waals surface area contributed by atoms with Crippen LogP contribution in [0.1, 0.15) is 18.4 Å². The first-order valence-corrected chi connectivity index (χ1v) is 5.71. The van der Waals surface area contributed by atoms with E-state index in [-0.39, 0.29) is 0 Å². The van der Waals surface area contributed by atoms with Gasteiger partial charge < -0.3 is 14.6 Å². The predicted octanol–water partition coefficient (Wildman–Crippen LogP) is 2.41. The molecule has 0 spiro atoms. The average molecular weight is 287 g/mol. The van der Waals surface area contributed by atoms with E-state index in [0.29, 0.717) is 30.3 Å². The molecule has 0 amide bonds. The van der Waals surface area contributed by atoms with Gasteiger partial charge in [-0.1, -0.05) is 6.07 Å². The van der Waals surface area contributed by atoms with Gasteiger partial charge in [-0.15, -0.1) is 0 Å². The first-order valence-electron chi connectivity index (χ1n) is 4.92. The van der Waals surface area contributed by atoms with E-state index in [0.717, 1.165) is 4.47 Å². The summed E-state index contributed by atoms with van der Waals surface area (Å²) in [5, 5.41) is 9.00. The maximum Gasteiger partial charge on any atom is 0.310 e. The Morgan fingerprint density at radius 3 is 2.62 bits per heavy atom. The number of rotatable bonds is 2. The summed E-state index contributed by atoms with van der Waals surface area (Å²) in [6, 6.07) is 3.53. The molecular weight excluding hydrogens is 276 g/mol. The molecule has 0 saturated heterocycles. The zero-order valence-electron chi connectivity index (χ0n) is 8.70. The molecule has 1 atom stereocenters. The van der Waals surface area contributed by atoms with E-state index >= 15 is 0 Å². The van der Waals surface area contributed by atoms with Gasteiger partial charge in [-0.05, 0) is 28.9 Å². The van der Waals surface area contributed by atoms with Crippen molar-refractivity contribution in [3.63, 3.8) is 0 Å². The number of carbonyl (C=O) groups is 1. The minimum absolute atomic E-state index is 0.447. The number of fused-ring (bicyclic) bond motifs is 1. The van der Waals surface area contributed by atoms with Crippen molar-refractivity contribution in [2.75, 3.05) is 13.2 Å². The molecule has 1 unspecified atom stereocenters. The predicted molar refractivity (Wildman–Crippen MR) is 61.2 cm³/mol. The fourth-order valence-corrected chi connectivity index (χ4v) is 2.03. The molecule has 0 fully saturated rings. The summed E-state index contributed by atoms with van der Waals surface area (Å²) in [4.78, 5) is 11.0. The molecule has 1 aromatic carbocycles. The van der Waals surface area contributed by atoms with Crippen molar-refractivity contribution in [3.05, 3.63) is 22.2 Å². The number of carboxylic acid groups (broad SMARTS) is 1. The summed E-state index contributed by atoms with van der Waals surface area (Å²) in [6.45, 7) is 2.56. The zero-order chi connectivity index (χ0) is 11.7. The maximum absolute atomic E-state index is 11.0. The first kappa shape index (κ1) is 11.3. The average Bonchev–Trinajstić information content (AvgIpc) is 2.29. The summed E-state index contributed by atoms with van der Waals surface area (Å²) >= 11 is 3.35. The van der Waals surface area contributed by atoms with E-state index < -0.39 is 11.9 Å². The van der Waals surface area contributed by atoms with Crippen molar-refractivity contribution in [1.82, 2.24) is 0 Å². The number of halogens is 1. The van der Waals surface area contributed by atoms with Crippen LogP contribution in [0.2, 0.25) is 0 Å². The first-order chi connectivity index (χ1) is 7.61. The van der Waals surface area contributed by atoms with Crippen LogP contribution in [0.3, 0.4) is 0 Å². The van der Waals surface area contributed by atoms with Gasteiger partial charge in [0.2, 0.25) is 0 Å². The molecule has 2 rings (SSSR count). The van der Waals surface area contributed by atoms with Crippen LogP contribution in [0.25, 0.3) is 0 Å². The van der Waals surface area contributed by atoms with Gasteiger partial charge in [0.15, 0.2) is 11.5 Å². The summed E-state index contributed by atoms with van der Waals surface area (Å²) in [5.41, 5.74) is 0.644. The molecule has 1 aliphatic heterocycles. The van der Waals surface area contributed by atoms with E-state index in [1.807, 2.05) is 0 Å². The summed E-state index contributed by atoms with van der Waals surface area (Å²) < 4.78 is 11.7. The van der Waals surface area contributed by atoms with Crippen molar-refractivity contribution in [1.29, 1.82) is 0 Å². The number of hydrogen-bond acceptors (Lipinski definition) is 3. The molecule has 0 saturated carbocycles. The monoisotopic (exact) mass is 286 g/mol. The van der Waals surface area contributed by atoms with Gasteiger partial charge >= 0.3 is 5.97 Å². The highest BCUT2D eigenvalue weighted by Gasteiger charge is 2.25. The Morgan fingerprint density at radius 1 is 1.38 bits per heavy atom. The minimum atomic E-state index is -0.876.